The Balaban J connectivity index is 2.33. The van der Waals surface area contributed by atoms with E-state index in [9.17, 15) is 4.79 Å². The van der Waals surface area contributed by atoms with Crippen LogP contribution in [0.1, 0.15) is 10.5 Å². The summed E-state index contributed by atoms with van der Waals surface area (Å²) in [5.41, 5.74) is 5.84. The Bertz CT molecular complexity index is 602. The molecule has 92 valence electrons. The predicted octanol–water partition coefficient (Wildman–Crippen LogP) is 2.92. The number of halogens is 1. The number of pyridine rings is 1. The number of hydrogen-bond acceptors (Lipinski definition) is 4. The summed E-state index contributed by atoms with van der Waals surface area (Å²) in [6.45, 7) is 0. The van der Waals surface area contributed by atoms with Crippen molar-refractivity contribution < 1.29 is 14.6 Å². The van der Waals surface area contributed by atoms with Crippen LogP contribution in [-0.4, -0.2) is 16.1 Å². The lowest BCUT2D eigenvalue weighted by molar-refractivity contribution is 0.0689. The van der Waals surface area contributed by atoms with Crippen molar-refractivity contribution in [3.05, 3.63) is 46.6 Å². The number of carboxylic acids is 1. The normalized spacial score (nSPS) is 10.1. The molecular weight excluding hydrogens is 300 g/mol. The van der Waals surface area contributed by atoms with E-state index in [1.54, 1.807) is 18.2 Å². The Hall–Kier alpha value is -2.08. The molecule has 6 heteroatoms. The predicted molar refractivity (Wildman–Crippen MR) is 69.8 cm³/mol. The van der Waals surface area contributed by atoms with Crippen molar-refractivity contribution in [1.82, 2.24) is 4.98 Å². The zero-order chi connectivity index (χ0) is 13.1. The average Bonchev–Trinajstić information content (AvgIpc) is 2.31. The Kier molecular flexibility index (Phi) is 3.47. The summed E-state index contributed by atoms with van der Waals surface area (Å²) in [4.78, 5) is 14.6. The second kappa shape index (κ2) is 5.05. The van der Waals surface area contributed by atoms with Crippen LogP contribution in [0.3, 0.4) is 0 Å². The molecule has 3 N–H and O–H groups in total. The first-order valence-electron chi connectivity index (χ1n) is 4.99. The van der Waals surface area contributed by atoms with Gasteiger partial charge in [0.2, 0.25) is 5.88 Å². The number of benzene rings is 1. The Morgan fingerprint density at radius 2 is 2.11 bits per heavy atom. The first kappa shape index (κ1) is 12.4. The van der Waals surface area contributed by atoms with E-state index < -0.39 is 5.97 Å². The van der Waals surface area contributed by atoms with E-state index in [2.05, 4.69) is 20.9 Å². The van der Waals surface area contributed by atoms with Crippen LogP contribution in [0.5, 0.6) is 11.6 Å². The number of nitrogens with zero attached hydrogens (tertiary/aromatic N) is 1. The molecule has 5 nitrogen and oxygen atoms in total. The van der Waals surface area contributed by atoms with E-state index in [1.165, 1.54) is 12.1 Å². The highest BCUT2D eigenvalue weighted by molar-refractivity contribution is 9.10. The number of carboxylic acid groups (broad SMARTS) is 1. The van der Waals surface area contributed by atoms with Crippen LogP contribution in [0.15, 0.2) is 40.9 Å². The van der Waals surface area contributed by atoms with Crippen molar-refractivity contribution >= 4 is 27.6 Å². The van der Waals surface area contributed by atoms with Crippen LogP contribution in [0.2, 0.25) is 0 Å². The summed E-state index contributed by atoms with van der Waals surface area (Å²) < 4.78 is 6.29. The van der Waals surface area contributed by atoms with Gasteiger partial charge in [0, 0.05) is 4.47 Å². The topological polar surface area (TPSA) is 85.4 Å². The average molecular weight is 309 g/mol. The molecule has 0 saturated carbocycles. The van der Waals surface area contributed by atoms with Crippen molar-refractivity contribution in [1.29, 1.82) is 0 Å². The lowest BCUT2D eigenvalue weighted by Gasteiger charge is -2.08. The highest BCUT2D eigenvalue weighted by Gasteiger charge is 2.10. The number of hydrogen-bond donors (Lipinski definition) is 2. The molecule has 2 aromatic rings. The molecule has 2 rings (SSSR count). The third kappa shape index (κ3) is 2.78. The van der Waals surface area contributed by atoms with E-state index in [-0.39, 0.29) is 17.3 Å². The number of anilines is 1. The van der Waals surface area contributed by atoms with Crippen molar-refractivity contribution in [2.75, 3.05) is 5.73 Å². The summed E-state index contributed by atoms with van der Waals surface area (Å²) in [5, 5.41) is 8.84. The van der Waals surface area contributed by atoms with Gasteiger partial charge in [-0.05, 0) is 30.3 Å². The van der Waals surface area contributed by atoms with Crippen LogP contribution in [0.4, 0.5) is 5.69 Å². The molecule has 1 aromatic carbocycles. The van der Waals surface area contributed by atoms with Crippen LogP contribution in [0, 0.1) is 0 Å². The van der Waals surface area contributed by atoms with E-state index in [1.807, 2.05) is 6.07 Å². The molecular formula is C12H9BrN2O3. The van der Waals surface area contributed by atoms with Gasteiger partial charge in [-0.2, -0.15) is 0 Å². The van der Waals surface area contributed by atoms with Crippen molar-refractivity contribution in [2.24, 2.45) is 0 Å². The molecule has 0 fully saturated rings. The van der Waals surface area contributed by atoms with E-state index in [0.717, 1.165) is 4.47 Å². The fourth-order valence-corrected chi connectivity index (χ4v) is 1.67. The van der Waals surface area contributed by atoms with E-state index in [0.29, 0.717) is 5.75 Å². The molecule has 0 bridgehead atoms. The number of nitrogens with two attached hydrogens (primary N) is 1. The first-order valence-corrected chi connectivity index (χ1v) is 5.79. The summed E-state index contributed by atoms with van der Waals surface area (Å²) in [7, 11) is 0. The molecule has 0 atom stereocenters. The lowest BCUT2D eigenvalue weighted by Crippen LogP contribution is -2.03. The number of nitrogen functional groups attached to an aromatic ring is 1. The standard InChI is InChI=1S/C12H9BrN2O3/c13-7-2-1-3-8(6-7)18-11-9(14)4-5-10(15-11)12(16)17/h1-6H,14H2,(H,16,17). The molecule has 0 saturated heterocycles. The van der Waals surface area contributed by atoms with Crippen LogP contribution >= 0.6 is 15.9 Å². The van der Waals surface area contributed by atoms with Gasteiger partial charge in [-0.25, -0.2) is 9.78 Å². The molecule has 0 radical (unpaired) electrons. The molecule has 0 amide bonds. The Morgan fingerprint density at radius 1 is 1.33 bits per heavy atom. The molecule has 0 unspecified atom stereocenters. The SMILES string of the molecule is Nc1ccc(C(=O)O)nc1Oc1cccc(Br)c1. The van der Waals surface area contributed by atoms with Gasteiger partial charge >= 0.3 is 5.97 Å². The highest BCUT2D eigenvalue weighted by atomic mass is 79.9. The van der Waals surface area contributed by atoms with E-state index >= 15 is 0 Å². The van der Waals surface area contributed by atoms with Crippen LogP contribution < -0.4 is 10.5 Å². The summed E-state index contributed by atoms with van der Waals surface area (Å²) in [6.07, 6.45) is 0. The van der Waals surface area contributed by atoms with Gasteiger partial charge in [0.25, 0.3) is 0 Å². The summed E-state index contributed by atoms with van der Waals surface area (Å²) in [6, 6.07) is 9.86. The number of rotatable bonds is 3. The number of aromatic carboxylic acids is 1. The zero-order valence-corrected chi connectivity index (χ0v) is 10.7. The molecule has 18 heavy (non-hydrogen) atoms. The smallest absolute Gasteiger partial charge is 0.354 e. The summed E-state index contributed by atoms with van der Waals surface area (Å²) in [5.74, 6) is -0.534. The fraction of sp³-hybridized carbons (Fsp3) is 0. The second-order valence-corrected chi connectivity index (χ2v) is 4.37. The molecule has 1 heterocycles. The van der Waals surface area contributed by atoms with Gasteiger partial charge in [-0.15, -0.1) is 0 Å². The minimum absolute atomic E-state index is 0.0769. The van der Waals surface area contributed by atoms with Gasteiger partial charge in [0.1, 0.15) is 5.75 Å². The number of aromatic nitrogens is 1. The molecule has 0 aliphatic rings. The van der Waals surface area contributed by atoms with Gasteiger partial charge < -0.3 is 15.6 Å². The first-order chi connectivity index (χ1) is 8.56. The number of carbonyl (C=O) groups is 1. The minimum atomic E-state index is -1.13. The maximum absolute atomic E-state index is 10.8. The van der Waals surface area contributed by atoms with Crippen LogP contribution in [0.25, 0.3) is 0 Å². The van der Waals surface area contributed by atoms with Gasteiger partial charge in [0.15, 0.2) is 5.69 Å². The maximum atomic E-state index is 10.8. The Morgan fingerprint density at radius 3 is 2.78 bits per heavy atom. The van der Waals surface area contributed by atoms with Gasteiger partial charge in [0.05, 0.1) is 5.69 Å². The van der Waals surface area contributed by atoms with Crippen molar-refractivity contribution in [3.63, 3.8) is 0 Å². The molecule has 0 aliphatic heterocycles. The fourth-order valence-electron chi connectivity index (χ4n) is 1.29. The third-order valence-electron chi connectivity index (χ3n) is 2.12. The largest absolute Gasteiger partial charge is 0.477 e. The van der Waals surface area contributed by atoms with Crippen LogP contribution in [-0.2, 0) is 0 Å². The van der Waals surface area contributed by atoms with Gasteiger partial charge in [-0.3, -0.25) is 0 Å². The molecule has 0 spiro atoms. The monoisotopic (exact) mass is 308 g/mol. The molecule has 1 aromatic heterocycles. The van der Waals surface area contributed by atoms with E-state index in [4.69, 9.17) is 15.6 Å². The highest BCUT2D eigenvalue weighted by Crippen LogP contribution is 2.27. The molecule has 0 aliphatic carbocycles. The number of ether oxygens (including phenoxy) is 1. The van der Waals surface area contributed by atoms with Crippen molar-refractivity contribution in [2.45, 2.75) is 0 Å². The maximum Gasteiger partial charge on any atom is 0.354 e. The lowest BCUT2D eigenvalue weighted by atomic mass is 10.3. The van der Waals surface area contributed by atoms with Crippen molar-refractivity contribution in [3.8, 4) is 11.6 Å². The Labute approximate surface area is 111 Å². The third-order valence-corrected chi connectivity index (χ3v) is 2.61. The van der Waals surface area contributed by atoms with Gasteiger partial charge in [-0.1, -0.05) is 22.0 Å². The minimum Gasteiger partial charge on any atom is -0.477 e. The quantitative estimate of drug-likeness (QED) is 0.910. The zero-order valence-electron chi connectivity index (χ0n) is 9.13. The summed E-state index contributed by atoms with van der Waals surface area (Å²) >= 11 is 3.31. The second-order valence-electron chi connectivity index (χ2n) is 3.46.